The van der Waals surface area contributed by atoms with Gasteiger partial charge in [0.1, 0.15) is 6.54 Å². The minimum atomic E-state index is 0.00190. The Hall–Kier alpha value is -1.94. The molecule has 0 aliphatic heterocycles. The summed E-state index contributed by atoms with van der Waals surface area (Å²) in [6.45, 7) is 3.03. The molecule has 2 rings (SSSR count). The highest BCUT2D eigenvalue weighted by atomic mass is 32.1. The van der Waals surface area contributed by atoms with E-state index >= 15 is 0 Å². The smallest absolute Gasteiger partial charge is 0.263 e. The molecule has 0 fully saturated rings. The molecule has 0 aliphatic rings. The average Bonchev–Trinajstić information content (AvgIpc) is 2.87. The van der Waals surface area contributed by atoms with Crippen LogP contribution < -0.4 is 9.88 Å². The van der Waals surface area contributed by atoms with Crippen LogP contribution in [0.25, 0.3) is 6.08 Å². The number of hydrogen-bond donors (Lipinski definition) is 1. The highest BCUT2D eigenvalue weighted by Crippen LogP contribution is 2.04. The molecule has 4 heteroatoms. The van der Waals surface area contributed by atoms with Gasteiger partial charge in [0, 0.05) is 12.3 Å². The number of benzene rings is 1. The van der Waals surface area contributed by atoms with Crippen molar-refractivity contribution in [3.63, 3.8) is 0 Å². The van der Waals surface area contributed by atoms with Crippen LogP contribution >= 0.6 is 11.3 Å². The lowest BCUT2D eigenvalue weighted by atomic mass is 10.1. The minimum Gasteiger partial charge on any atom is -0.332 e. The second-order valence-electron chi connectivity index (χ2n) is 4.09. The van der Waals surface area contributed by atoms with Crippen molar-refractivity contribution in [2.45, 2.75) is 19.9 Å². The molecule has 0 aliphatic carbocycles. The van der Waals surface area contributed by atoms with Gasteiger partial charge in [-0.25, -0.2) is 0 Å². The number of aromatic nitrogens is 1. The van der Waals surface area contributed by atoms with Gasteiger partial charge in [-0.3, -0.25) is 4.79 Å². The van der Waals surface area contributed by atoms with Crippen LogP contribution in [0.5, 0.6) is 0 Å². The van der Waals surface area contributed by atoms with Gasteiger partial charge in [0.15, 0.2) is 6.20 Å². The Labute approximate surface area is 117 Å². The van der Waals surface area contributed by atoms with Crippen LogP contribution in [0.15, 0.2) is 48.1 Å². The normalized spacial score (nSPS) is 10.8. The van der Waals surface area contributed by atoms with E-state index in [-0.39, 0.29) is 5.91 Å². The fraction of sp³-hybridized carbons (Fsp3) is 0.200. The maximum atomic E-state index is 11.7. The largest absolute Gasteiger partial charge is 0.332 e. The lowest BCUT2D eigenvalue weighted by Gasteiger charge is -1.99. The van der Waals surface area contributed by atoms with E-state index in [1.807, 2.05) is 48.0 Å². The lowest BCUT2D eigenvalue weighted by molar-refractivity contribution is -0.690. The minimum absolute atomic E-state index is 0.00190. The van der Waals surface area contributed by atoms with Gasteiger partial charge in [0.05, 0.1) is 11.8 Å². The van der Waals surface area contributed by atoms with Crippen LogP contribution in [-0.2, 0) is 17.8 Å². The first-order valence-corrected chi connectivity index (χ1v) is 7.14. The Morgan fingerprint density at radius 3 is 2.89 bits per heavy atom. The summed E-state index contributed by atoms with van der Waals surface area (Å²) >= 11 is 1.65. The Morgan fingerprint density at radius 2 is 2.16 bits per heavy atom. The predicted octanol–water partition coefficient (Wildman–Crippen LogP) is 2.39. The Bertz CT molecular complexity index is 561. The topological polar surface area (TPSA) is 33.0 Å². The van der Waals surface area contributed by atoms with Crippen molar-refractivity contribution in [1.82, 2.24) is 5.32 Å². The standard InChI is InChI=1S/C15H16N2OS/c1-2-17-10-11-19-15(17)8-9-16-14(18)12-13-6-4-3-5-7-13/h3-11H,2,12H2,1H3/p+1. The molecule has 0 unspecified atom stereocenters. The predicted molar refractivity (Wildman–Crippen MR) is 77.5 cm³/mol. The van der Waals surface area contributed by atoms with E-state index in [0.717, 1.165) is 17.1 Å². The number of aryl methyl sites for hydroxylation is 1. The molecule has 1 heterocycles. The summed E-state index contributed by atoms with van der Waals surface area (Å²) in [6.07, 6.45) is 6.08. The molecule has 0 spiro atoms. The number of hydrogen-bond acceptors (Lipinski definition) is 2. The van der Waals surface area contributed by atoms with E-state index in [4.69, 9.17) is 0 Å². The van der Waals surface area contributed by atoms with Crippen LogP contribution in [-0.4, -0.2) is 5.91 Å². The van der Waals surface area contributed by atoms with Gasteiger partial charge in [-0.2, -0.15) is 4.57 Å². The molecule has 1 N–H and O–H groups in total. The van der Waals surface area contributed by atoms with E-state index in [0.29, 0.717) is 6.42 Å². The molecule has 2 aromatic rings. The maximum absolute atomic E-state index is 11.7. The summed E-state index contributed by atoms with van der Waals surface area (Å²) in [5, 5.41) is 5.96. The molecule has 1 aromatic carbocycles. The molecular weight excluding hydrogens is 256 g/mol. The van der Waals surface area contributed by atoms with E-state index in [9.17, 15) is 4.79 Å². The van der Waals surface area contributed by atoms with Gasteiger partial charge in [-0.05, 0) is 12.5 Å². The third-order valence-electron chi connectivity index (χ3n) is 2.73. The fourth-order valence-corrected chi connectivity index (χ4v) is 2.57. The van der Waals surface area contributed by atoms with E-state index in [1.54, 1.807) is 17.5 Å². The van der Waals surface area contributed by atoms with E-state index in [2.05, 4.69) is 16.8 Å². The van der Waals surface area contributed by atoms with Crippen molar-refractivity contribution < 1.29 is 9.36 Å². The Kier molecular flexibility index (Phi) is 4.86. The zero-order chi connectivity index (χ0) is 13.5. The molecule has 1 aromatic heterocycles. The zero-order valence-corrected chi connectivity index (χ0v) is 11.7. The van der Waals surface area contributed by atoms with Crippen LogP contribution in [0.3, 0.4) is 0 Å². The second-order valence-corrected chi connectivity index (χ2v) is 5.02. The number of carbonyl (C=O) groups excluding carboxylic acids is 1. The number of nitrogens with zero attached hydrogens (tertiary/aromatic N) is 1. The fourth-order valence-electron chi connectivity index (χ4n) is 1.75. The first-order valence-electron chi connectivity index (χ1n) is 6.26. The summed E-state index contributed by atoms with van der Waals surface area (Å²) in [5.74, 6) is 0.00190. The van der Waals surface area contributed by atoms with Gasteiger partial charge in [-0.15, -0.1) is 0 Å². The average molecular weight is 273 g/mol. The Morgan fingerprint density at radius 1 is 1.37 bits per heavy atom. The lowest BCUT2D eigenvalue weighted by Crippen LogP contribution is -2.32. The monoisotopic (exact) mass is 273 g/mol. The summed E-state index contributed by atoms with van der Waals surface area (Å²) < 4.78 is 2.13. The van der Waals surface area contributed by atoms with Gasteiger partial charge in [-0.1, -0.05) is 41.7 Å². The van der Waals surface area contributed by atoms with E-state index in [1.165, 1.54) is 0 Å². The van der Waals surface area contributed by atoms with Crippen molar-refractivity contribution in [2.75, 3.05) is 0 Å². The highest BCUT2D eigenvalue weighted by molar-refractivity contribution is 7.10. The van der Waals surface area contributed by atoms with Crippen molar-refractivity contribution in [3.8, 4) is 0 Å². The number of nitrogens with one attached hydrogen (secondary N) is 1. The molecule has 3 nitrogen and oxygen atoms in total. The van der Waals surface area contributed by atoms with Gasteiger partial charge >= 0.3 is 0 Å². The summed E-state index contributed by atoms with van der Waals surface area (Å²) in [7, 11) is 0. The molecule has 19 heavy (non-hydrogen) atoms. The van der Waals surface area contributed by atoms with Crippen LogP contribution in [0.2, 0.25) is 0 Å². The summed E-state index contributed by atoms with van der Waals surface area (Å²) in [4.78, 5) is 11.7. The SMILES string of the molecule is CC[n+]1ccsc1C=CNC(=O)Cc1ccccc1. The highest BCUT2D eigenvalue weighted by Gasteiger charge is 2.06. The summed E-state index contributed by atoms with van der Waals surface area (Å²) in [6, 6.07) is 9.73. The zero-order valence-electron chi connectivity index (χ0n) is 10.9. The molecular formula is C15H17N2OS+. The van der Waals surface area contributed by atoms with Gasteiger partial charge < -0.3 is 5.32 Å². The van der Waals surface area contributed by atoms with Crippen molar-refractivity contribution in [1.29, 1.82) is 0 Å². The number of rotatable bonds is 5. The molecule has 0 bridgehead atoms. The quantitative estimate of drug-likeness (QED) is 0.834. The molecule has 0 saturated carbocycles. The number of thiazole rings is 1. The molecule has 0 radical (unpaired) electrons. The molecule has 0 saturated heterocycles. The van der Waals surface area contributed by atoms with Crippen molar-refractivity contribution in [3.05, 3.63) is 58.7 Å². The second kappa shape index (κ2) is 6.85. The molecule has 1 amide bonds. The number of carbonyl (C=O) groups is 1. The third-order valence-corrected chi connectivity index (χ3v) is 3.60. The first kappa shape index (κ1) is 13.5. The third kappa shape index (κ3) is 4.03. The maximum Gasteiger partial charge on any atom is 0.263 e. The van der Waals surface area contributed by atoms with Crippen LogP contribution in [0.4, 0.5) is 0 Å². The number of amides is 1. The van der Waals surface area contributed by atoms with Crippen LogP contribution in [0.1, 0.15) is 17.5 Å². The Balaban J connectivity index is 1.87. The van der Waals surface area contributed by atoms with Gasteiger partial charge in [0.2, 0.25) is 5.91 Å². The van der Waals surface area contributed by atoms with Gasteiger partial charge in [0.25, 0.3) is 5.01 Å². The summed E-state index contributed by atoms with van der Waals surface area (Å²) in [5.41, 5.74) is 1.02. The van der Waals surface area contributed by atoms with Crippen LogP contribution in [0, 0.1) is 0 Å². The van der Waals surface area contributed by atoms with Crippen molar-refractivity contribution in [2.24, 2.45) is 0 Å². The van der Waals surface area contributed by atoms with Crippen molar-refractivity contribution >= 4 is 23.3 Å². The van der Waals surface area contributed by atoms with E-state index < -0.39 is 0 Å². The first-order chi connectivity index (χ1) is 9.29. The molecule has 0 atom stereocenters. The molecule has 98 valence electrons.